The van der Waals surface area contributed by atoms with Crippen LogP contribution >= 0.6 is 11.6 Å². The number of fused-ring (bicyclic) bond motifs is 1. The van der Waals surface area contributed by atoms with Crippen LogP contribution in [0, 0.1) is 18.7 Å². The molecule has 1 fully saturated rings. The van der Waals surface area contributed by atoms with Gasteiger partial charge in [0.15, 0.2) is 6.61 Å². The summed E-state index contributed by atoms with van der Waals surface area (Å²) in [6.45, 7) is 3.30. The number of hydrogen-bond donors (Lipinski definition) is 1. The lowest BCUT2D eigenvalue weighted by Crippen LogP contribution is -2.40. The van der Waals surface area contributed by atoms with Crippen molar-refractivity contribution in [1.82, 2.24) is 9.88 Å². The fourth-order valence-corrected chi connectivity index (χ4v) is 3.81. The molecule has 4 rings (SSSR count). The molecular formula is C21H21ClFN3O4. The van der Waals surface area contributed by atoms with Gasteiger partial charge in [-0.1, -0.05) is 11.6 Å². The average molecular weight is 434 g/mol. The van der Waals surface area contributed by atoms with Crippen LogP contribution in [0.25, 0.3) is 0 Å². The molecule has 0 saturated carbocycles. The molecule has 0 spiro atoms. The highest BCUT2D eigenvalue weighted by molar-refractivity contribution is 6.32. The normalized spacial score (nSPS) is 16.5. The number of halogens is 2. The Labute approximate surface area is 178 Å². The van der Waals surface area contributed by atoms with Crippen LogP contribution in [0.4, 0.5) is 10.1 Å². The summed E-state index contributed by atoms with van der Waals surface area (Å²) in [6.07, 6.45) is 1.56. The molecule has 0 bridgehead atoms. The van der Waals surface area contributed by atoms with Gasteiger partial charge in [0.2, 0.25) is 5.88 Å². The molecule has 2 aromatic rings. The highest BCUT2D eigenvalue weighted by atomic mass is 35.5. The zero-order chi connectivity index (χ0) is 21.3. The van der Waals surface area contributed by atoms with Gasteiger partial charge in [-0.05, 0) is 49.9 Å². The number of carbonyl (C=O) groups excluding carboxylic acids is 2. The third-order valence-electron chi connectivity index (χ3n) is 5.29. The average Bonchev–Trinajstić information content (AvgIpc) is 2.73. The molecule has 1 aromatic carbocycles. The lowest BCUT2D eigenvalue weighted by molar-refractivity contribution is -0.118. The minimum Gasteiger partial charge on any atom is -0.492 e. The molecule has 0 aliphatic carbocycles. The zero-order valence-electron chi connectivity index (χ0n) is 16.4. The van der Waals surface area contributed by atoms with E-state index >= 15 is 0 Å². The third kappa shape index (κ3) is 4.33. The molecule has 9 heteroatoms. The van der Waals surface area contributed by atoms with E-state index in [1.165, 1.54) is 18.2 Å². The first-order valence-corrected chi connectivity index (χ1v) is 10.1. The van der Waals surface area contributed by atoms with Gasteiger partial charge in [-0.15, -0.1) is 0 Å². The summed E-state index contributed by atoms with van der Waals surface area (Å²) in [5.74, 6) is 0.260. The molecule has 7 nitrogen and oxygen atoms in total. The van der Waals surface area contributed by atoms with E-state index in [0.29, 0.717) is 48.3 Å². The van der Waals surface area contributed by atoms with Crippen LogP contribution in [0.5, 0.6) is 11.6 Å². The Hall–Kier alpha value is -2.87. The van der Waals surface area contributed by atoms with Gasteiger partial charge in [0, 0.05) is 13.1 Å². The standard InChI is InChI=1S/C21H21ClFN3O4/c1-12-15(9-17-20(24-12)30-11-19(27)25-17)21(28)26-6-4-13(5-7-26)10-29-18-3-2-14(23)8-16(18)22/h2-3,8-9,13H,4-7,10-11H2,1H3,(H,25,27). The largest absolute Gasteiger partial charge is 0.492 e. The molecule has 158 valence electrons. The summed E-state index contributed by atoms with van der Waals surface area (Å²) >= 11 is 6.00. The Balaban J connectivity index is 1.35. The van der Waals surface area contributed by atoms with Crippen molar-refractivity contribution in [2.75, 3.05) is 31.6 Å². The van der Waals surface area contributed by atoms with Crippen LogP contribution in [-0.4, -0.2) is 48.0 Å². The molecule has 0 radical (unpaired) electrons. The van der Waals surface area contributed by atoms with Crippen LogP contribution in [0.15, 0.2) is 24.3 Å². The maximum atomic E-state index is 13.1. The topological polar surface area (TPSA) is 80.8 Å². The molecule has 1 N–H and O–H groups in total. The molecule has 0 atom stereocenters. The number of nitrogens with one attached hydrogen (secondary N) is 1. The van der Waals surface area contributed by atoms with Gasteiger partial charge in [0.05, 0.1) is 22.9 Å². The smallest absolute Gasteiger partial charge is 0.262 e. The van der Waals surface area contributed by atoms with Crippen molar-refractivity contribution in [3.8, 4) is 11.6 Å². The molecule has 2 aliphatic heterocycles. The number of ether oxygens (including phenoxy) is 2. The van der Waals surface area contributed by atoms with Crippen LogP contribution < -0.4 is 14.8 Å². The molecule has 1 aromatic heterocycles. The maximum absolute atomic E-state index is 13.1. The number of aryl methyl sites for hydroxylation is 1. The van der Waals surface area contributed by atoms with E-state index in [1.807, 2.05) is 0 Å². The number of aromatic nitrogens is 1. The second-order valence-corrected chi connectivity index (χ2v) is 7.84. The van der Waals surface area contributed by atoms with Crippen LogP contribution in [-0.2, 0) is 4.79 Å². The van der Waals surface area contributed by atoms with E-state index in [2.05, 4.69) is 10.3 Å². The predicted molar refractivity (Wildman–Crippen MR) is 109 cm³/mol. The van der Waals surface area contributed by atoms with E-state index in [1.54, 1.807) is 17.9 Å². The Kier molecular flexibility index (Phi) is 5.76. The summed E-state index contributed by atoms with van der Waals surface area (Å²) in [6, 6.07) is 5.68. The van der Waals surface area contributed by atoms with Gasteiger partial charge in [-0.2, -0.15) is 0 Å². The molecule has 1 saturated heterocycles. The molecule has 2 aliphatic rings. The summed E-state index contributed by atoms with van der Waals surface area (Å²) in [5.41, 5.74) is 1.43. The first kappa shape index (κ1) is 20.4. The van der Waals surface area contributed by atoms with Crippen LogP contribution in [0.1, 0.15) is 28.9 Å². The highest BCUT2D eigenvalue weighted by Crippen LogP contribution is 2.30. The second kappa shape index (κ2) is 8.47. The van der Waals surface area contributed by atoms with Gasteiger partial charge < -0.3 is 19.7 Å². The molecule has 2 amide bonds. The minimum atomic E-state index is -0.405. The Bertz CT molecular complexity index is 992. The SMILES string of the molecule is Cc1nc2c(cc1C(=O)N1CCC(COc3ccc(F)cc3Cl)CC1)NC(=O)CO2. The number of benzene rings is 1. The lowest BCUT2D eigenvalue weighted by Gasteiger charge is -2.32. The minimum absolute atomic E-state index is 0.0779. The third-order valence-corrected chi connectivity index (χ3v) is 5.59. The monoisotopic (exact) mass is 433 g/mol. The van der Waals surface area contributed by atoms with Crippen molar-refractivity contribution in [2.45, 2.75) is 19.8 Å². The fourth-order valence-electron chi connectivity index (χ4n) is 3.59. The van der Waals surface area contributed by atoms with Crippen molar-refractivity contribution in [3.63, 3.8) is 0 Å². The van der Waals surface area contributed by atoms with E-state index in [0.717, 1.165) is 12.8 Å². The summed E-state index contributed by atoms with van der Waals surface area (Å²) in [5, 5.41) is 2.93. The number of hydrogen-bond acceptors (Lipinski definition) is 5. The molecule has 30 heavy (non-hydrogen) atoms. The van der Waals surface area contributed by atoms with Gasteiger partial charge in [-0.3, -0.25) is 9.59 Å². The zero-order valence-corrected chi connectivity index (χ0v) is 17.2. The molecule has 0 unspecified atom stereocenters. The van der Waals surface area contributed by atoms with Gasteiger partial charge in [0.25, 0.3) is 11.8 Å². The van der Waals surface area contributed by atoms with Crippen LogP contribution in [0.2, 0.25) is 5.02 Å². The van der Waals surface area contributed by atoms with E-state index in [-0.39, 0.29) is 29.4 Å². The Morgan fingerprint density at radius 2 is 2.13 bits per heavy atom. The predicted octanol–water partition coefficient (Wildman–Crippen LogP) is 3.44. The number of anilines is 1. The number of likely N-dealkylation sites (tertiary alicyclic amines) is 1. The second-order valence-electron chi connectivity index (χ2n) is 7.43. The first-order valence-electron chi connectivity index (χ1n) is 9.72. The van der Waals surface area contributed by atoms with Crippen molar-refractivity contribution < 1.29 is 23.5 Å². The number of piperidine rings is 1. The number of carbonyl (C=O) groups is 2. The number of amides is 2. The van der Waals surface area contributed by atoms with E-state index in [4.69, 9.17) is 21.1 Å². The van der Waals surface area contributed by atoms with Gasteiger partial charge in [0.1, 0.15) is 17.3 Å². The maximum Gasteiger partial charge on any atom is 0.262 e. The lowest BCUT2D eigenvalue weighted by atomic mass is 9.97. The quantitative estimate of drug-likeness (QED) is 0.798. The van der Waals surface area contributed by atoms with Crippen molar-refractivity contribution in [3.05, 3.63) is 46.4 Å². The first-order chi connectivity index (χ1) is 14.4. The van der Waals surface area contributed by atoms with E-state index in [9.17, 15) is 14.0 Å². The summed E-state index contributed by atoms with van der Waals surface area (Å²) in [4.78, 5) is 30.6. The molecule has 3 heterocycles. The summed E-state index contributed by atoms with van der Waals surface area (Å²) < 4.78 is 24.2. The Morgan fingerprint density at radius 1 is 1.37 bits per heavy atom. The van der Waals surface area contributed by atoms with Gasteiger partial charge >= 0.3 is 0 Å². The number of pyridine rings is 1. The van der Waals surface area contributed by atoms with Crippen molar-refractivity contribution >= 4 is 29.1 Å². The molecular weight excluding hydrogens is 413 g/mol. The summed E-state index contributed by atoms with van der Waals surface area (Å²) in [7, 11) is 0. The Morgan fingerprint density at radius 3 is 2.87 bits per heavy atom. The van der Waals surface area contributed by atoms with Crippen molar-refractivity contribution in [1.29, 1.82) is 0 Å². The van der Waals surface area contributed by atoms with Crippen molar-refractivity contribution in [2.24, 2.45) is 5.92 Å². The van der Waals surface area contributed by atoms with Crippen LogP contribution in [0.3, 0.4) is 0 Å². The fraction of sp³-hybridized carbons (Fsp3) is 0.381. The number of nitrogens with zero attached hydrogens (tertiary/aromatic N) is 2. The highest BCUT2D eigenvalue weighted by Gasteiger charge is 2.27. The number of rotatable bonds is 4. The van der Waals surface area contributed by atoms with Gasteiger partial charge in [-0.25, -0.2) is 9.37 Å². The van der Waals surface area contributed by atoms with E-state index < -0.39 is 5.82 Å².